The van der Waals surface area contributed by atoms with Crippen LogP contribution in [0.2, 0.25) is 0 Å². The lowest BCUT2D eigenvalue weighted by Crippen LogP contribution is -2.39. The summed E-state index contributed by atoms with van der Waals surface area (Å²) in [6.07, 6.45) is 0.0921. The molecule has 0 saturated heterocycles. The number of aliphatic carboxylic acids is 1. The molecule has 1 N–H and O–H groups in total. The van der Waals surface area contributed by atoms with Crippen molar-refractivity contribution in [1.82, 2.24) is 9.80 Å². The third kappa shape index (κ3) is 5.72. The van der Waals surface area contributed by atoms with Gasteiger partial charge in [-0.1, -0.05) is 31.2 Å². The monoisotopic (exact) mass is 278 g/mol. The van der Waals surface area contributed by atoms with Crippen molar-refractivity contribution in [1.29, 1.82) is 0 Å². The number of rotatable bonds is 8. The Bertz CT molecular complexity index is 415. The molecule has 0 radical (unpaired) electrons. The Labute approximate surface area is 122 Å². The maximum atomic E-state index is 10.7. The molecule has 0 spiro atoms. The minimum Gasteiger partial charge on any atom is -0.481 e. The van der Waals surface area contributed by atoms with E-state index in [0.29, 0.717) is 6.04 Å². The largest absolute Gasteiger partial charge is 0.481 e. The maximum Gasteiger partial charge on any atom is 0.307 e. The Kier molecular flexibility index (Phi) is 6.68. The van der Waals surface area contributed by atoms with Crippen LogP contribution >= 0.6 is 0 Å². The fraction of sp³-hybridized carbons (Fsp3) is 0.562. The summed E-state index contributed by atoms with van der Waals surface area (Å²) in [5, 5.41) is 8.76. The molecule has 20 heavy (non-hydrogen) atoms. The minimum atomic E-state index is -0.785. The molecule has 1 rings (SSSR count). The molecule has 0 heterocycles. The number of carboxylic acid groups (broad SMARTS) is 1. The highest BCUT2D eigenvalue weighted by atomic mass is 16.4. The quantitative estimate of drug-likeness (QED) is 0.791. The van der Waals surface area contributed by atoms with Crippen LogP contribution in [0.4, 0.5) is 0 Å². The van der Waals surface area contributed by atoms with Gasteiger partial charge in [-0.25, -0.2) is 0 Å². The van der Waals surface area contributed by atoms with Gasteiger partial charge in [-0.2, -0.15) is 0 Å². The first-order chi connectivity index (χ1) is 9.42. The standard InChI is InChI=1S/C16H26N2O2/c1-5-18(13(2)11-17(3)4)12-15-8-6-14(7-9-15)10-16(19)20/h6-9,13H,5,10-12H2,1-4H3,(H,19,20). The number of hydrogen-bond acceptors (Lipinski definition) is 3. The molecule has 0 aliphatic heterocycles. The molecular weight excluding hydrogens is 252 g/mol. The van der Waals surface area contributed by atoms with Gasteiger partial charge < -0.3 is 10.0 Å². The fourth-order valence-corrected chi connectivity index (χ4v) is 2.39. The van der Waals surface area contributed by atoms with E-state index in [-0.39, 0.29) is 6.42 Å². The summed E-state index contributed by atoms with van der Waals surface area (Å²) in [5.74, 6) is -0.785. The van der Waals surface area contributed by atoms with Crippen molar-refractivity contribution in [2.45, 2.75) is 32.9 Å². The van der Waals surface area contributed by atoms with Crippen LogP contribution in [0.15, 0.2) is 24.3 Å². The topological polar surface area (TPSA) is 43.8 Å². The van der Waals surface area contributed by atoms with Gasteiger partial charge in [0.25, 0.3) is 0 Å². The van der Waals surface area contributed by atoms with Crippen LogP contribution in [-0.2, 0) is 17.8 Å². The maximum absolute atomic E-state index is 10.7. The highest BCUT2D eigenvalue weighted by Crippen LogP contribution is 2.11. The van der Waals surface area contributed by atoms with E-state index in [4.69, 9.17) is 5.11 Å². The molecule has 1 unspecified atom stereocenters. The Morgan fingerprint density at radius 1 is 1.20 bits per heavy atom. The highest BCUT2D eigenvalue weighted by Gasteiger charge is 2.13. The molecule has 0 fully saturated rings. The van der Waals surface area contributed by atoms with Gasteiger partial charge in [0, 0.05) is 19.1 Å². The molecular formula is C16H26N2O2. The lowest BCUT2D eigenvalue weighted by atomic mass is 10.1. The third-order valence-electron chi connectivity index (χ3n) is 3.42. The van der Waals surface area contributed by atoms with Crippen LogP contribution in [-0.4, -0.2) is 54.1 Å². The zero-order valence-electron chi connectivity index (χ0n) is 13.0. The summed E-state index contributed by atoms with van der Waals surface area (Å²) in [5.41, 5.74) is 2.08. The lowest BCUT2D eigenvalue weighted by Gasteiger charge is -2.30. The molecule has 1 aromatic rings. The Morgan fingerprint density at radius 3 is 2.20 bits per heavy atom. The van der Waals surface area contributed by atoms with Gasteiger partial charge in [0.05, 0.1) is 6.42 Å². The van der Waals surface area contributed by atoms with Gasteiger partial charge in [-0.05, 0) is 38.7 Å². The van der Waals surface area contributed by atoms with Gasteiger partial charge in [0.15, 0.2) is 0 Å². The number of benzene rings is 1. The van der Waals surface area contributed by atoms with Crippen LogP contribution in [0.3, 0.4) is 0 Å². The summed E-state index contributed by atoms with van der Waals surface area (Å²) in [4.78, 5) is 15.3. The van der Waals surface area contributed by atoms with E-state index in [1.807, 2.05) is 24.3 Å². The second-order valence-electron chi connectivity index (χ2n) is 5.56. The second-order valence-corrected chi connectivity index (χ2v) is 5.56. The van der Waals surface area contributed by atoms with E-state index >= 15 is 0 Å². The number of carboxylic acids is 1. The molecule has 112 valence electrons. The average molecular weight is 278 g/mol. The Balaban J connectivity index is 2.63. The average Bonchev–Trinajstić information content (AvgIpc) is 2.36. The van der Waals surface area contributed by atoms with E-state index < -0.39 is 5.97 Å². The zero-order valence-corrected chi connectivity index (χ0v) is 13.0. The van der Waals surface area contributed by atoms with E-state index in [2.05, 4.69) is 37.7 Å². The molecule has 0 bridgehead atoms. The van der Waals surface area contributed by atoms with Crippen molar-refractivity contribution in [2.24, 2.45) is 0 Å². The van der Waals surface area contributed by atoms with Crippen LogP contribution in [0, 0.1) is 0 Å². The first-order valence-corrected chi connectivity index (χ1v) is 7.10. The predicted molar refractivity (Wildman–Crippen MR) is 81.9 cm³/mol. The first kappa shape index (κ1) is 16.7. The van der Waals surface area contributed by atoms with Crippen LogP contribution in [0.1, 0.15) is 25.0 Å². The predicted octanol–water partition coefficient (Wildman–Crippen LogP) is 2.09. The van der Waals surface area contributed by atoms with Gasteiger partial charge in [-0.15, -0.1) is 0 Å². The highest BCUT2D eigenvalue weighted by molar-refractivity contribution is 5.70. The third-order valence-corrected chi connectivity index (χ3v) is 3.42. The van der Waals surface area contributed by atoms with Crippen molar-refractivity contribution >= 4 is 5.97 Å². The van der Waals surface area contributed by atoms with Crippen molar-refractivity contribution in [3.05, 3.63) is 35.4 Å². The number of likely N-dealkylation sites (N-methyl/N-ethyl adjacent to an activating group) is 2. The summed E-state index contributed by atoms with van der Waals surface area (Å²) < 4.78 is 0. The normalized spacial score (nSPS) is 12.9. The van der Waals surface area contributed by atoms with E-state index in [9.17, 15) is 4.79 Å². The van der Waals surface area contributed by atoms with Crippen molar-refractivity contribution in [3.8, 4) is 0 Å². The first-order valence-electron chi connectivity index (χ1n) is 7.10. The van der Waals surface area contributed by atoms with Gasteiger partial charge in [0.1, 0.15) is 0 Å². The van der Waals surface area contributed by atoms with Crippen molar-refractivity contribution in [2.75, 3.05) is 27.2 Å². The molecule has 0 amide bonds. The van der Waals surface area contributed by atoms with Crippen LogP contribution < -0.4 is 0 Å². The number of carbonyl (C=O) groups is 1. The second kappa shape index (κ2) is 8.02. The minimum absolute atomic E-state index is 0.0921. The summed E-state index contributed by atoms with van der Waals surface area (Å²) >= 11 is 0. The van der Waals surface area contributed by atoms with E-state index in [0.717, 1.165) is 25.2 Å². The fourth-order valence-electron chi connectivity index (χ4n) is 2.39. The Hall–Kier alpha value is -1.39. The van der Waals surface area contributed by atoms with Crippen molar-refractivity contribution < 1.29 is 9.90 Å². The molecule has 0 aromatic heterocycles. The number of nitrogens with zero attached hydrogens (tertiary/aromatic N) is 2. The summed E-state index contributed by atoms with van der Waals surface area (Å²) in [6, 6.07) is 8.38. The van der Waals surface area contributed by atoms with Crippen LogP contribution in [0.5, 0.6) is 0 Å². The SMILES string of the molecule is CCN(Cc1ccc(CC(=O)O)cc1)C(C)CN(C)C. The molecule has 4 nitrogen and oxygen atoms in total. The number of hydrogen-bond donors (Lipinski definition) is 1. The molecule has 1 atom stereocenters. The Morgan fingerprint density at radius 2 is 1.75 bits per heavy atom. The molecule has 1 aromatic carbocycles. The van der Waals surface area contributed by atoms with Gasteiger partial charge in [-0.3, -0.25) is 9.69 Å². The molecule has 0 aliphatic rings. The summed E-state index contributed by atoms with van der Waals surface area (Å²) in [6.45, 7) is 7.35. The molecule has 0 saturated carbocycles. The zero-order chi connectivity index (χ0) is 15.1. The van der Waals surface area contributed by atoms with E-state index in [1.165, 1.54) is 5.56 Å². The lowest BCUT2D eigenvalue weighted by molar-refractivity contribution is -0.136. The summed E-state index contributed by atoms with van der Waals surface area (Å²) in [7, 11) is 4.18. The molecule has 4 heteroatoms. The van der Waals surface area contributed by atoms with Gasteiger partial charge >= 0.3 is 5.97 Å². The molecule has 0 aliphatic carbocycles. The van der Waals surface area contributed by atoms with E-state index in [1.54, 1.807) is 0 Å². The van der Waals surface area contributed by atoms with Crippen LogP contribution in [0.25, 0.3) is 0 Å². The van der Waals surface area contributed by atoms with Gasteiger partial charge in [0.2, 0.25) is 0 Å². The van der Waals surface area contributed by atoms with Crippen molar-refractivity contribution in [3.63, 3.8) is 0 Å². The smallest absolute Gasteiger partial charge is 0.307 e.